The van der Waals surface area contributed by atoms with Crippen LogP contribution in [0.25, 0.3) is 0 Å². The summed E-state index contributed by atoms with van der Waals surface area (Å²) < 4.78 is 93.7. The van der Waals surface area contributed by atoms with E-state index < -0.39 is 23.1 Å². The Morgan fingerprint density at radius 3 is 2.17 bits per heavy atom. The van der Waals surface area contributed by atoms with Gasteiger partial charge < -0.3 is 4.74 Å². The number of alkyl halides is 7. The molecule has 2 rings (SSSR count). The molecular formula is C17H12F7N3O3. The standard InChI is InChI=1S/C17H12F7N3O3/c18-15(19,16(20,21)22)17(23,24)26-25-9-12-3-1-2-4-14(12)30-10-11-5-7-13(8-6-11)27(28)29/h1-9,26H,10H2/b25-9+. The molecule has 2 aromatic rings. The number of benzene rings is 2. The second-order valence-electron chi connectivity index (χ2n) is 5.77. The summed E-state index contributed by atoms with van der Waals surface area (Å²) in [5, 5.41) is 13.4. The Bertz CT molecular complexity index is 916. The van der Waals surface area contributed by atoms with Crippen molar-refractivity contribution in [2.45, 2.75) is 24.8 Å². The molecular weight excluding hydrogens is 427 g/mol. The third-order valence-electron chi connectivity index (χ3n) is 3.62. The fourth-order valence-corrected chi connectivity index (χ4v) is 2.02. The number of hydrazone groups is 1. The highest BCUT2D eigenvalue weighted by Gasteiger charge is 2.73. The maximum Gasteiger partial charge on any atom is 0.462 e. The van der Waals surface area contributed by atoms with Gasteiger partial charge in [0.05, 0.1) is 11.1 Å². The lowest BCUT2D eigenvalue weighted by Gasteiger charge is -2.27. The SMILES string of the molecule is O=[N+]([O-])c1ccc(COc2ccccc2/C=N/NC(F)(F)C(F)(F)C(F)(F)F)cc1. The highest BCUT2D eigenvalue weighted by molar-refractivity contribution is 5.83. The van der Waals surface area contributed by atoms with Crippen LogP contribution in [0.5, 0.6) is 5.75 Å². The number of nitrogens with one attached hydrogen (secondary N) is 1. The molecule has 0 aliphatic carbocycles. The van der Waals surface area contributed by atoms with Gasteiger partial charge in [0.2, 0.25) is 0 Å². The van der Waals surface area contributed by atoms with Crippen LogP contribution in [0.2, 0.25) is 0 Å². The number of rotatable bonds is 8. The molecule has 0 unspecified atom stereocenters. The summed E-state index contributed by atoms with van der Waals surface area (Å²) in [5.74, 6) is -6.30. The summed E-state index contributed by atoms with van der Waals surface area (Å²) in [6, 6.07) is 5.18. The first-order valence-electron chi connectivity index (χ1n) is 7.93. The third-order valence-corrected chi connectivity index (χ3v) is 3.62. The van der Waals surface area contributed by atoms with Crippen molar-refractivity contribution in [2.75, 3.05) is 0 Å². The second kappa shape index (κ2) is 8.55. The van der Waals surface area contributed by atoms with Gasteiger partial charge in [-0.1, -0.05) is 12.1 Å². The molecule has 0 spiro atoms. The largest absolute Gasteiger partial charge is 0.488 e. The van der Waals surface area contributed by atoms with Gasteiger partial charge in [0.25, 0.3) is 5.69 Å². The van der Waals surface area contributed by atoms with Gasteiger partial charge in [0.1, 0.15) is 12.4 Å². The Morgan fingerprint density at radius 1 is 1.00 bits per heavy atom. The molecule has 30 heavy (non-hydrogen) atoms. The van der Waals surface area contributed by atoms with Crippen LogP contribution in [0.3, 0.4) is 0 Å². The van der Waals surface area contributed by atoms with E-state index in [4.69, 9.17) is 4.74 Å². The minimum Gasteiger partial charge on any atom is -0.488 e. The van der Waals surface area contributed by atoms with Gasteiger partial charge in [-0.05, 0) is 29.8 Å². The minimum absolute atomic E-state index is 0.00182. The van der Waals surface area contributed by atoms with Crippen LogP contribution in [-0.4, -0.2) is 29.3 Å². The summed E-state index contributed by atoms with van der Waals surface area (Å²) in [7, 11) is 0. The van der Waals surface area contributed by atoms with Gasteiger partial charge in [-0.2, -0.15) is 35.8 Å². The van der Waals surface area contributed by atoms with Gasteiger partial charge in [-0.15, -0.1) is 0 Å². The first-order valence-corrected chi connectivity index (χ1v) is 7.93. The molecule has 162 valence electrons. The molecule has 0 aliphatic rings. The quantitative estimate of drug-likeness (QED) is 0.209. The molecule has 1 N–H and O–H groups in total. The Balaban J connectivity index is 2.09. The van der Waals surface area contributed by atoms with Crippen LogP contribution in [-0.2, 0) is 6.61 Å². The van der Waals surface area contributed by atoms with Crippen molar-refractivity contribution < 1.29 is 40.4 Å². The van der Waals surface area contributed by atoms with E-state index in [-0.39, 0.29) is 23.6 Å². The molecule has 0 heterocycles. The Kier molecular flexibility index (Phi) is 6.53. The summed E-state index contributed by atoms with van der Waals surface area (Å²) in [4.78, 5) is 10.0. The zero-order valence-electron chi connectivity index (χ0n) is 14.7. The first-order chi connectivity index (χ1) is 13.8. The molecule has 0 saturated carbocycles. The topological polar surface area (TPSA) is 76.8 Å². The Morgan fingerprint density at radius 2 is 1.60 bits per heavy atom. The van der Waals surface area contributed by atoms with E-state index >= 15 is 0 Å². The number of halogens is 7. The number of nitro groups is 1. The lowest BCUT2D eigenvalue weighted by Crippen LogP contribution is -2.58. The molecule has 13 heteroatoms. The highest BCUT2D eigenvalue weighted by Crippen LogP contribution is 2.45. The molecule has 0 aliphatic heterocycles. The van der Waals surface area contributed by atoms with Crippen molar-refractivity contribution in [3.63, 3.8) is 0 Å². The van der Waals surface area contributed by atoms with Crippen molar-refractivity contribution in [1.29, 1.82) is 0 Å². The first kappa shape index (κ1) is 22.9. The number of ether oxygens (including phenoxy) is 1. The van der Waals surface area contributed by atoms with E-state index in [2.05, 4.69) is 5.10 Å². The number of nitro benzene ring substituents is 1. The van der Waals surface area contributed by atoms with Crippen molar-refractivity contribution in [1.82, 2.24) is 5.43 Å². The Labute approximate surface area is 164 Å². The zero-order chi connectivity index (χ0) is 22.6. The van der Waals surface area contributed by atoms with Gasteiger partial charge in [0.15, 0.2) is 0 Å². The second-order valence-corrected chi connectivity index (χ2v) is 5.77. The van der Waals surface area contributed by atoms with Crippen LogP contribution in [0.4, 0.5) is 36.4 Å². The zero-order valence-corrected chi connectivity index (χ0v) is 14.7. The monoisotopic (exact) mass is 439 g/mol. The molecule has 0 aromatic heterocycles. The van der Waals surface area contributed by atoms with Crippen LogP contribution in [0.1, 0.15) is 11.1 Å². The van der Waals surface area contributed by atoms with E-state index in [1.807, 2.05) is 0 Å². The lowest BCUT2D eigenvalue weighted by molar-refractivity contribution is -0.384. The molecule has 0 atom stereocenters. The van der Waals surface area contributed by atoms with Gasteiger partial charge in [0, 0.05) is 17.7 Å². The average Bonchev–Trinajstić information content (AvgIpc) is 2.66. The van der Waals surface area contributed by atoms with Crippen LogP contribution >= 0.6 is 0 Å². The summed E-state index contributed by atoms with van der Waals surface area (Å²) in [6.45, 7) is -0.0986. The van der Waals surface area contributed by atoms with E-state index in [0.717, 1.165) is 0 Å². The minimum atomic E-state index is -6.48. The molecule has 0 amide bonds. The molecule has 0 saturated heterocycles. The number of hydrogen-bond acceptors (Lipinski definition) is 5. The number of nitrogens with zero attached hydrogens (tertiary/aromatic N) is 2. The fourth-order valence-electron chi connectivity index (χ4n) is 2.02. The number of non-ortho nitro benzene ring substituents is 1. The summed E-state index contributed by atoms with van der Waals surface area (Å²) in [5.41, 5.74) is 0.888. The maximum absolute atomic E-state index is 13.2. The molecule has 6 nitrogen and oxygen atoms in total. The molecule has 0 bridgehead atoms. The van der Waals surface area contributed by atoms with Gasteiger partial charge >= 0.3 is 18.1 Å². The van der Waals surface area contributed by atoms with E-state index in [1.165, 1.54) is 48.5 Å². The van der Waals surface area contributed by atoms with Gasteiger partial charge in [-0.25, -0.2) is 5.43 Å². The predicted octanol–water partition coefficient (Wildman–Crippen LogP) is 4.89. The van der Waals surface area contributed by atoms with Crippen molar-refractivity contribution in [3.05, 3.63) is 69.8 Å². The van der Waals surface area contributed by atoms with Crippen molar-refractivity contribution in [2.24, 2.45) is 5.10 Å². The highest BCUT2D eigenvalue weighted by atomic mass is 19.4. The van der Waals surface area contributed by atoms with Crippen LogP contribution in [0, 0.1) is 10.1 Å². The number of hydrogen-bond donors (Lipinski definition) is 1. The molecule has 2 aromatic carbocycles. The third kappa shape index (κ3) is 5.15. The van der Waals surface area contributed by atoms with Crippen LogP contribution in [0.15, 0.2) is 53.6 Å². The lowest BCUT2D eigenvalue weighted by atomic mass is 10.2. The fraction of sp³-hybridized carbons (Fsp3) is 0.235. The summed E-state index contributed by atoms with van der Waals surface area (Å²) >= 11 is 0. The smallest absolute Gasteiger partial charge is 0.462 e. The van der Waals surface area contributed by atoms with E-state index in [9.17, 15) is 40.8 Å². The molecule has 0 fully saturated rings. The number of para-hydroxylation sites is 1. The Hall–Kier alpha value is -3.38. The van der Waals surface area contributed by atoms with E-state index in [0.29, 0.717) is 17.2 Å². The summed E-state index contributed by atoms with van der Waals surface area (Å²) in [6.07, 6.45) is -5.89. The van der Waals surface area contributed by atoms with Crippen molar-refractivity contribution >= 4 is 11.9 Å². The van der Waals surface area contributed by atoms with Gasteiger partial charge in [-0.3, -0.25) is 10.1 Å². The van der Waals surface area contributed by atoms with E-state index in [1.54, 1.807) is 0 Å². The molecule has 0 radical (unpaired) electrons. The normalized spacial score (nSPS) is 12.8. The predicted molar refractivity (Wildman–Crippen MR) is 90.5 cm³/mol. The van der Waals surface area contributed by atoms with Crippen molar-refractivity contribution in [3.8, 4) is 5.75 Å². The average molecular weight is 439 g/mol. The van der Waals surface area contributed by atoms with Crippen LogP contribution < -0.4 is 10.2 Å². The maximum atomic E-state index is 13.2.